The van der Waals surface area contributed by atoms with Crippen LogP contribution < -0.4 is 0 Å². The Morgan fingerprint density at radius 3 is 2.40 bits per heavy atom. The van der Waals surface area contributed by atoms with Crippen LogP contribution in [-0.4, -0.2) is 35.9 Å². The number of halogens is 1. The van der Waals surface area contributed by atoms with Crippen molar-refractivity contribution in [3.63, 3.8) is 0 Å². The van der Waals surface area contributed by atoms with Crippen molar-refractivity contribution < 1.29 is 14.0 Å². The number of alkyl halides is 1. The van der Waals surface area contributed by atoms with Crippen molar-refractivity contribution in [2.45, 2.75) is 39.3 Å². The van der Waals surface area contributed by atoms with Crippen LogP contribution in [0, 0.1) is 5.92 Å². The predicted molar refractivity (Wildman–Crippen MR) is 55.2 cm³/mol. The first-order chi connectivity index (χ1) is 7.06. The summed E-state index contributed by atoms with van der Waals surface area (Å²) in [5.74, 6) is -0.994. The summed E-state index contributed by atoms with van der Waals surface area (Å²) < 4.78 is 12.8. The van der Waals surface area contributed by atoms with Gasteiger partial charge in [0.1, 0.15) is 6.17 Å². The second-order valence-corrected chi connectivity index (χ2v) is 4.14. The average Bonchev–Trinajstić information content (AvgIpc) is 2.27. The first-order valence-electron chi connectivity index (χ1n) is 5.53. The third-order valence-electron chi connectivity index (χ3n) is 2.98. The van der Waals surface area contributed by atoms with E-state index >= 15 is 0 Å². The second-order valence-electron chi connectivity index (χ2n) is 4.14. The van der Waals surface area contributed by atoms with E-state index in [9.17, 15) is 14.0 Å². The van der Waals surface area contributed by atoms with Gasteiger partial charge in [-0.3, -0.25) is 9.59 Å². The molecule has 1 unspecified atom stereocenters. The van der Waals surface area contributed by atoms with Crippen LogP contribution >= 0.6 is 0 Å². The lowest BCUT2D eigenvalue weighted by molar-refractivity contribution is -0.147. The van der Waals surface area contributed by atoms with E-state index in [0.717, 1.165) is 0 Å². The minimum Gasteiger partial charge on any atom is -0.336 e. The number of likely N-dealkylation sites (tertiary alicyclic amines) is 1. The topological polar surface area (TPSA) is 37.4 Å². The lowest BCUT2D eigenvalue weighted by Crippen LogP contribution is -2.44. The van der Waals surface area contributed by atoms with Crippen LogP contribution in [-0.2, 0) is 9.59 Å². The van der Waals surface area contributed by atoms with Crippen LogP contribution in [0.4, 0.5) is 4.39 Å². The van der Waals surface area contributed by atoms with Gasteiger partial charge in [0, 0.05) is 19.0 Å². The standard InChI is InChI=1S/C11H18FNO2/c1-3-8(2)10(14)11(15)13-6-4-9(12)5-7-13/h8-9H,3-7H2,1-2H3. The number of Topliss-reactive ketones (excluding diaryl/α,β-unsaturated/α-hetero) is 1. The van der Waals surface area contributed by atoms with Gasteiger partial charge in [-0.25, -0.2) is 4.39 Å². The Morgan fingerprint density at radius 1 is 1.40 bits per heavy atom. The molecule has 1 rings (SSSR count). The summed E-state index contributed by atoms with van der Waals surface area (Å²) in [5.41, 5.74) is 0. The van der Waals surface area contributed by atoms with Crippen LogP contribution in [0.5, 0.6) is 0 Å². The number of hydrogen-bond acceptors (Lipinski definition) is 2. The molecular formula is C11H18FNO2. The van der Waals surface area contributed by atoms with Gasteiger partial charge in [-0.2, -0.15) is 0 Å². The predicted octanol–water partition coefficient (Wildman–Crippen LogP) is 1.56. The lowest BCUT2D eigenvalue weighted by atomic mass is 10.0. The lowest BCUT2D eigenvalue weighted by Gasteiger charge is -2.28. The molecule has 1 saturated heterocycles. The molecule has 1 aliphatic heterocycles. The van der Waals surface area contributed by atoms with Gasteiger partial charge in [0.15, 0.2) is 0 Å². The maximum absolute atomic E-state index is 12.8. The zero-order valence-electron chi connectivity index (χ0n) is 9.33. The van der Waals surface area contributed by atoms with Crippen LogP contribution in [0.25, 0.3) is 0 Å². The third kappa shape index (κ3) is 3.01. The van der Waals surface area contributed by atoms with Gasteiger partial charge < -0.3 is 4.90 Å². The highest BCUT2D eigenvalue weighted by molar-refractivity contribution is 6.36. The fraction of sp³-hybridized carbons (Fsp3) is 0.818. The molecule has 15 heavy (non-hydrogen) atoms. The molecule has 3 nitrogen and oxygen atoms in total. The van der Waals surface area contributed by atoms with E-state index in [1.54, 1.807) is 6.92 Å². The van der Waals surface area contributed by atoms with Crippen molar-refractivity contribution in [3.8, 4) is 0 Å². The summed E-state index contributed by atoms with van der Waals surface area (Å²) in [7, 11) is 0. The summed E-state index contributed by atoms with van der Waals surface area (Å²) in [5, 5.41) is 0. The van der Waals surface area contributed by atoms with E-state index in [4.69, 9.17) is 0 Å². The highest BCUT2D eigenvalue weighted by Crippen LogP contribution is 2.15. The summed E-state index contributed by atoms with van der Waals surface area (Å²) in [4.78, 5) is 24.7. The van der Waals surface area contributed by atoms with Gasteiger partial charge in [-0.15, -0.1) is 0 Å². The SMILES string of the molecule is CCC(C)C(=O)C(=O)N1CCC(F)CC1. The van der Waals surface area contributed by atoms with Crippen molar-refractivity contribution in [3.05, 3.63) is 0 Å². The zero-order chi connectivity index (χ0) is 11.4. The van der Waals surface area contributed by atoms with E-state index in [-0.39, 0.29) is 11.7 Å². The fourth-order valence-corrected chi connectivity index (χ4v) is 1.60. The molecular weight excluding hydrogens is 197 g/mol. The van der Waals surface area contributed by atoms with E-state index in [1.807, 2.05) is 6.92 Å². The van der Waals surface area contributed by atoms with Crippen LogP contribution in [0.3, 0.4) is 0 Å². The van der Waals surface area contributed by atoms with Gasteiger partial charge in [0.25, 0.3) is 5.91 Å². The molecule has 0 aromatic heterocycles. The van der Waals surface area contributed by atoms with Gasteiger partial charge in [0.05, 0.1) is 0 Å². The summed E-state index contributed by atoms with van der Waals surface area (Å²) >= 11 is 0. The minimum absolute atomic E-state index is 0.222. The monoisotopic (exact) mass is 215 g/mol. The number of piperidine rings is 1. The van der Waals surface area contributed by atoms with Crippen molar-refractivity contribution in [1.29, 1.82) is 0 Å². The Kier molecular flexibility index (Phi) is 4.24. The average molecular weight is 215 g/mol. The number of hydrogen-bond donors (Lipinski definition) is 0. The number of rotatable bonds is 3. The normalized spacial score (nSPS) is 20.1. The molecule has 1 fully saturated rings. The Balaban J connectivity index is 2.50. The van der Waals surface area contributed by atoms with E-state index in [1.165, 1.54) is 4.90 Å². The van der Waals surface area contributed by atoms with Crippen molar-refractivity contribution in [2.24, 2.45) is 5.92 Å². The molecule has 1 aliphatic rings. The third-order valence-corrected chi connectivity index (χ3v) is 2.98. The number of amides is 1. The summed E-state index contributed by atoms with van der Waals surface area (Å²) in [6.07, 6.45) is 0.580. The van der Waals surface area contributed by atoms with Gasteiger partial charge in [-0.05, 0) is 19.3 Å². The molecule has 0 aromatic rings. The molecule has 0 aliphatic carbocycles. The van der Waals surface area contributed by atoms with Gasteiger partial charge in [0.2, 0.25) is 5.78 Å². The van der Waals surface area contributed by atoms with Crippen molar-refractivity contribution in [1.82, 2.24) is 4.90 Å². The molecule has 0 radical (unpaired) electrons. The Morgan fingerprint density at radius 2 is 1.93 bits per heavy atom. The fourth-order valence-electron chi connectivity index (χ4n) is 1.60. The number of nitrogens with zero attached hydrogens (tertiary/aromatic N) is 1. The second kappa shape index (κ2) is 5.24. The maximum atomic E-state index is 12.8. The highest BCUT2D eigenvalue weighted by atomic mass is 19.1. The molecule has 4 heteroatoms. The number of carbonyl (C=O) groups is 2. The highest BCUT2D eigenvalue weighted by Gasteiger charge is 2.28. The molecule has 1 atom stereocenters. The minimum atomic E-state index is -0.812. The van der Waals surface area contributed by atoms with Crippen LogP contribution in [0.2, 0.25) is 0 Å². The first kappa shape index (κ1) is 12.1. The van der Waals surface area contributed by atoms with Crippen LogP contribution in [0.15, 0.2) is 0 Å². The quantitative estimate of drug-likeness (QED) is 0.670. The molecule has 0 spiro atoms. The molecule has 86 valence electrons. The first-order valence-corrected chi connectivity index (χ1v) is 5.53. The van der Waals surface area contributed by atoms with Gasteiger partial charge in [-0.1, -0.05) is 13.8 Å². The van der Waals surface area contributed by atoms with E-state index in [0.29, 0.717) is 32.4 Å². The molecule has 1 amide bonds. The Bertz CT molecular complexity index is 247. The molecule has 0 bridgehead atoms. The van der Waals surface area contributed by atoms with Crippen LogP contribution in [0.1, 0.15) is 33.1 Å². The molecule has 0 N–H and O–H groups in total. The van der Waals surface area contributed by atoms with Crippen molar-refractivity contribution >= 4 is 11.7 Å². The van der Waals surface area contributed by atoms with Gasteiger partial charge >= 0.3 is 0 Å². The maximum Gasteiger partial charge on any atom is 0.290 e. The molecule has 0 saturated carbocycles. The Labute approximate surface area is 89.6 Å². The Hall–Kier alpha value is -0.930. The zero-order valence-corrected chi connectivity index (χ0v) is 9.33. The smallest absolute Gasteiger partial charge is 0.290 e. The summed E-state index contributed by atoms with van der Waals surface area (Å²) in [6, 6.07) is 0. The molecule has 1 heterocycles. The summed E-state index contributed by atoms with van der Waals surface area (Å²) in [6.45, 7) is 4.39. The molecule has 0 aromatic carbocycles. The van der Waals surface area contributed by atoms with E-state index < -0.39 is 12.1 Å². The van der Waals surface area contributed by atoms with Crippen molar-refractivity contribution in [2.75, 3.05) is 13.1 Å². The number of carbonyl (C=O) groups excluding carboxylic acids is 2. The largest absolute Gasteiger partial charge is 0.336 e. The van der Waals surface area contributed by atoms with E-state index in [2.05, 4.69) is 0 Å². The number of ketones is 1.